The smallest absolute Gasteiger partial charge is 0.139 e. The van der Waals surface area contributed by atoms with Crippen LogP contribution in [0.3, 0.4) is 0 Å². The van der Waals surface area contributed by atoms with Crippen LogP contribution in [0.2, 0.25) is 0 Å². The Morgan fingerprint density at radius 1 is 1.25 bits per heavy atom. The average Bonchev–Trinajstić information content (AvgIpc) is 3.64. The third-order valence-electron chi connectivity index (χ3n) is 8.30. The first kappa shape index (κ1) is 28.2. The first-order chi connectivity index (χ1) is 19.0. The highest BCUT2D eigenvalue weighted by Gasteiger charge is 2.40. The molecule has 3 N–H and O–H groups in total. The van der Waals surface area contributed by atoms with Gasteiger partial charge in [-0.05, 0) is 64.5 Å². The number of likely N-dealkylation sites (N-methyl/N-ethyl adjacent to an activating group) is 1. The zero-order chi connectivity index (χ0) is 28.9. The van der Waals surface area contributed by atoms with Crippen molar-refractivity contribution in [1.29, 1.82) is 5.26 Å². The zero-order valence-corrected chi connectivity index (χ0v) is 24.2. The number of halogens is 2. The van der Waals surface area contributed by atoms with E-state index < -0.39 is 11.6 Å². The van der Waals surface area contributed by atoms with Crippen LogP contribution in [0.1, 0.15) is 43.9 Å². The summed E-state index contributed by atoms with van der Waals surface area (Å²) in [6, 6.07) is 4.95. The molecule has 2 aromatic carbocycles. The van der Waals surface area contributed by atoms with Crippen molar-refractivity contribution in [2.45, 2.75) is 45.9 Å². The number of nitrogens with two attached hydrogens (primary N) is 1. The van der Waals surface area contributed by atoms with Crippen molar-refractivity contribution in [2.75, 3.05) is 39.5 Å². The van der Waals surface area contributed by atoms with Gasteiger partial charge in [0.15, 0.2) is 0 Å². The molecule has 2 aliphatic rings. The number of anilines is 1. The normalized spacial score (nSPS) is 19.6. The Morgan fingerprint density at radius 2 is 1.98 bits per heavy atom. The Kier molecular flexibility index (Phi) is 7.44. The van der Waals surface area contributed by atoms with Gasteiger partial charge in [-0.15, -0.1) is 11.3 Å². The largest absolute Gasteiger partial charge is 0.394 e. The van der Waals surface area contributed by atoms with E-state index in [0.717, 1.165) is 24.4 Å². The van der Waals surface area contributed by atoms with Crippen LogP contribution in [-0.2, 0) is 18.0 Å². The van der Waals surface area contributed by atoms with Gasteiger partial charge in [0.1, 0.15) is 28.5 Å². The van der Waals surface area contributed by atoms with Crippen LogP contribution in [-0.4, -0.2) is 60.1 Å². The quantitative estimate of drug-likeness (QED) is 0.370. The molecular formula is C30H33F2N5O2S. The Hall–Kier alpha value is -3.36. The van der Waals surface area contributed by atoms with Gasteiger partial charge in [0.05, 0.1) is 30.9 Å². The number of amidine groups is 1. The second kappa shape index (κ2) is 10.6. The average molecular weight is 566 g/mol. The summed E-state index contributed by atoms with van der Waals surface area (Å²) in [7, 11) is 3.93. The molecule has 3 aromatic rings. The minimum absolute atomic E-state index is 0.0380. The molecule has 0 amide bonds. The van der Waals surface area contributed by atoms with E-state index >= 15 is 8.78 Å². The monoisotopic (exact) mass is 565 g/mol. The van der Waals surface area contributed by atoms with E-state index in [1.165, 1.54) is 17.4 Å². The van der Waals surface area contributed by atoms with Crippen LogP contribution in [0.4, 0.5) is 13.8 Å². The minimum atomic E-state index is -0.623. The maximum absolute atomic E-state index is 16.7. The van der Waals surface area contributed by atoms with Gasteiger partial charge >= 0.3 is 0 Å². The number of aliphatic imine (C=N–C) groups is 1. The molecule has 1 aromatic heterocycles. The van der Waals surface area contributed by atoms with Crippen molar-refractivity contribution in [2.24, 2.45) is 4.99 Å². The van der Waals surface area contributed by atoms with E-state index in [-0.39, 0.29) is 47.1 Å². The van der Waals surface area contributed by atoms with Crippen LogP contribution in [0, 0.1) is 23.0 Å². The number of benzene rings is 2. The maximum atomic E-state index is 16.7. The molecular weight excluding hydrogens is 532 g/mol. The molecule has 1 saturated heterocycles. The number of rotatable bonds is 4. The Labute approximate surface area is 236 Å². The molecule has 0 aliphatic carbocycles. The van der Waals surface area contributed by atoms with Gasteiger partial charge in [0.25, 0.3) is 0 Å². The summed E-state index contributed by atoms with van der Waals surface area (Å²) in [5, 5.41) is 21.4. The number of hydrogen-bond donors (Lipinski definition) is 2. The van der Waals surface area contributed by atoms with E-state index in [2.05, 4.69) is 11.0 Å². The van der Waals surface area contributed by atoms with E-state index in [0.29, 0.717) is 38.2 Å². The highest BCUT2D eigenvalue weighted by Crippen LogP contribution is 2.43. The number of aliphatic hydroxyl groups excluding tert-OH is 1. The van der Waals surface area contributed by atoms with Crippen LogP contribution in [0.15, 0.2) is 17.1 Å². The van der Waals surface area contributed by atoms with E-state index in [9.17, 15) is 10.4 Å². The van der Waals surface area contributed by atoms with Crippen LogP contribution in [0.25, 0.3) is 33.0 Å². The van der Waals surface area contributed by atoms with Gasteiger partial charge in [-0.25, -0.2) is 13.8 Å². The van der Waals surface area contributed by atoms with Crippen LogP contribution in [0.5, 0.6) is 0 Å². The summed E-state index contributed by atoms with van der Waals surface area (Å²) in [6.45, 7) is 7.30. The Balaban J connectivity index is 1.74. The highest BCUT2D eigenvalue weighted by atomic mass is 32.1. The summed E-state index contributed by atoms with van der Waals surface area (Å²) in [6.07, 6.45) is 2.48. The van der Waals surface area contributed by atoms with Gasteiger partial charge in [0, 0.05) is 50.9 Å². The molecule has 0 bridgehead atoms. The Bertz CT molecular complexity index is 1720. The SMILES string of the molecule is CC(=N/C=c1/c2c(c(-c3c(F)ccc4sc(N)c(C#N)c34)c(F)c1=C(C)C)COC2)N1CCC(CO)(N(C)C)C1. The lowest BCUT2D eigenvalue weighted by Crippen LogP contribution is -2.50. The van der Waals surface area contributed by atoms with E-state index in [1.54, 1.807) is 12.3 Å². The number of thiophene rings is 1. The molecule has 210 valence electrons. The summed E-state index contributed by atoms with van der Waals surface area (Å²) in [5.74, 6) is -0.434. The predicted octanol–water partition coefficient (Wildman–Crippen LogP) is 3.68. The number of hydrogen-bond acceptors (Lipinski definition) is 7. The second-order valence-electron chi connectivity index (χ2n) is 10.9. The maximum Gasteiger partial charge on any atom is 0.139 e. The molecule has 1 unspecified atom stereocenters. The number of fused-ring (bicyclic) bond motifs is 2. The molecule has 7 nitrogen and oxygen atoms in total. The first-order valence-electron chi connectivity index (χ1n) is 13.1. The molecule has 0 spiro atoms. The summed E-state index contributed by atoms with van der Waals surface area (Å²) in [4.78, 5) is 8.92. The fourth-order valence-corrected chi connectivity index (χ4v) is 6.79. The summed E-state index contributed by atoms with van der Waals surface area (Å²) in [5.41, 5.74) is 8.06. The molecule has 1 fully saturated rings. The molecule has 3 heterocycles. The topological polar surface area (TPSA) is 98.1 Å². The van der Waals surface area contributed by atoms with Crippen LogP contribution >= 0.6 is 11.3 Å². The van der Waals surface area contributed by atoms with Gasteiger partial charge in [-0.1, -0.05) is 5.57 Å². The van der Waals surface area contributed by atoms with Crippen LogP contribution < -0.4 is 16.2 Å². The van der Waals surface area contributed by atoms with Crippen molar-refractivity contribution >= 4 is 44.0 Å². The molecule has 2 aliphatic heterocycles. The third-order valence-corrected chi connectivity index (χ3v) is 9.28. The summed E-state index contributed by atoms with van der Waals surface area (Å²) < 4.78 is 38.7. The zero-order valence-electron chi connectivity index (χ0n) is 23.4. The fourth-order valence-electron chi connectivity index (χ4n) is 5.86. The lowest BCUT2D eigenvalue weighted by Gasteiger charge is -2.34. The van der Waals surface area contributed by atoms with E-state index in [1.807, 2.05) is 39.8 Å². The number of likely N-dealkylation sites (tertiary alicyclic amines) is 1. The highest BCUT2D eigenvalue weighted by molar-refractivity contribution is 7.23. The molecule has 0 radical (unpaired) electrons. The standard InChI is InChI=1S/C30H33F2N5O2S/c1-16(2)24-19(11-35-17(3)37-9-8-30(14-37,15-38)36(4)5)20-12-39-13-21(20)26(28(24)32)27-22(31)6-7-23-25(27)18(10-33)29(34)40-23/h6-7,11,38H,8-9,12-15,34H2,1-5H3/b19-11-,35-17?. The third kappa shape index (κ3) is 4.38. The Morgan fingerprint density at radius 3 is 2.60 bits per heavy atom. The molecule has 40 heavy (non-hydrogen) atoms. The number of aliphatic hydroxyl groups is 1. The van der Waals surface area contributed by atoms with Crippen molar-refractivity contribution in [3.8, 4) is 17.2 Å². The van der Waals surface area contributed by atoms with Crippen molar-refractivity contribution < 1.29 is 18.6 Å². The van der Waals surface area contributed by atoms with Gasteiger partial charge in [-0.2, -0.15) is 5.26 Å². The van der Waals surface area contributed by atoms with Gasteiger partial charge < -0.3 is 20.5 Å². The number of nitrogen functional groups attached to an aromatic ring is 1. The fraction of sp³-hybridized carbons (Fsp3) is 0.400. The first-order valence-corrected chi connectivity index (χ1v) is 13.9. The van der Waals surface area contributed by atoms with Crippen molar-refractivity contribution in [3.05, 3.63) is 50.9 Å². The van der Waals surface area contributed by atoms with Crippen molar-refractivity contribution in [1.82, 2.24) is 9.80 Å². The summed E-state index contributed by atoms with van der Waals surface area (Å²) >= 11 is 1.18. The number of ether oxygens (including phenoxy) is 1. The number of nitrogens with zero attached hydrogens (tertiary/aromatic N) is 4. The van der Waals surface area contributed by atoms with Crippen molar-refractivity contribution in [3.63, 3.8) is 0 Å². The molecule has 5 rings (SSSR count). The van der Waals surface area contributed by atoms with Gasteiger partial charge in [-0.3, -0.25) is 4.90 Å². The molecule has 10 heteroatoms. The predicted molar refractivity (Wildman–Crippen MR) is 156 cm³/mol. The molecule has 1 atom stereocenters. The lowest BCUT2D eigenvalue weighted by atomic mass is 9.89. The molecule has 0 saturated carbocycles. The van der Waals surface area contributed by atoms with Gasteiger partial charge in [0.2, 0.25) is 0 Å². The lowest BCUT2D eigenvalue weighted by molar-refractivity contribution is 0.0799. The number of nitriles is 1. The minimum Gasteiger partial charge on any atom is -0.394 e. The second-order valence-corrected chi connectivity index (χ2v) is 12.0. The van der Waals surface area contributed by atoms with E-state index in [4.69, 9.17) is 15.5 Å².